The van der Waals surface area contributed by atoms with Crippen molar-refractivity contribution in [2.75, 3.05) is 19.8 Å². The fourth-order valence-electron chi connectivity index (χ4n) is 2.01. The van der Waals surface area contributed by atoms with Gasteiger partial charge in [-0.3, -0.25) is 9.59 Å². The molecule has 2 aromatic rings. The third-order valence-corrected chi connectivity index (χ3v) is 3.78. The van der Waals surface area contributed by atoms with Crippen LogP contribution in [0.2, 0.25) is 10.0 Å². The maximum Gasteiger partial charge on any atom is 0.325 e. The van der Waals surface area contributed by atoms with Crippen molar-refractivity contribution in [1.82, 2.24) is 5.32 Å². The normalized spacial score (nSPS) is 10.2. The Balaban J connectivity index is 1.70. The van der Waals surface area contributed by atoms with E-state index in [1.807, 2.05) is 13.0 Å². The average molecular weight is 382 g/mol. The van der Waals surface area contributed by atoms with Gasteiger partial charge in [-0.2, -0.15) is 0 Å². The second-order valence-corrected chi connectivity index (χ2v) is 5.99. The highest BCUT2D eigenvalue weighted by atomic mass is 35.5. The molecule has 0 atom stereocenters. The zero-order valence-corrected chi connectivity index (χ0v) is 15.1. The van der Waals surface area contributed by atoms with Crippen molar-refractivity contribution in [3.8, 4) is 5.75 Å². The van der Waals surface area contributed by atoms with E-state index in [2.05, 4.69) is 5.32 Å². The number of benzene rings is 2. The molecular formula is C18H17Cl2NO4. The largest absolute Gasteiger partial charge is 0.487 e. The van der Waals surface area contributed by atoms with Crippen LogP contribution in [0.3, 0.4) is 0 Å². The summed E-state index contributed by atoms with van der Waals surface area (Å²) >= 11 is 11.9. The minimum absolute atomic E-state index is 0.0146. The molecule has 132 valence electrons. The zero-order chi connectivity index (χ0) is 18.2. The highest BCUT2D eigenvalue weighted by Crippen LogP contribution is 2.32. The lowest BCUT2D eigenvalue weighted by molar-refractivity contribution is -0.143. The van der Waals surface area contributed by atoms with Crippen LogP contribution in [-0.2, 0) is 9.53 Å². The Hall–Kier alpha value is -2.24. The van der Waals surface area contributed by atoms with E-state index in [0.29, 0.717) is 21.4 Å². The van der Waals surface area contributed by atoms with Gasteiger partial charge in [0.15, 0.2) is 5.75 Å². The van der Waals surface area contributed by atoms with Gasteiger partial charge in [-0.25, -0.2) is 0 Å². The number of hydrogen-bond donors (Lipinski definition) is 1. The molecule has 0 aliphatic heterocycles. The van der Waals surface area contributed by atoms with E-state index in [4.69, 9.17) is 32.7 Å². The molecule has 1 N–H and O–H groups in total. The molecular weight excluding hydrogens is 365 g/mol. The van der Waals surface area contributed by atoms with Crippen LogP contribution in [0.5, 0.6) is 5.75 Å². The number of para-hydroxylation sites is 1. The first-order valence-corrected chi connectivity index (χ1v) is 8.30. The molecule has 0 bridgehead atoms. The highest BCUT2D eigenvalue weighted by molar-refractivity contribution is 6.37. The van der Waals surface area contributed by atoms with Crippen LogP contribution in [-0.4, -0.2) is 31.6 Å². The van der Waals surface area contributed by atoms with Crippen molar-refractivity contribution in [2.24, 2.45) is 0 Å². The van der Waals surface area contributed by atoms with Crippen LogP contribution >= 0.6 is 23.2 Å². The number of ether oxygens (including phenoxy) is 2. The number of aryl methyl sites for hydroxylation is 1. The van der Waals surface area contributed by atoms with Gasteiger partial charge >= 0.3 is 5.97 Å². The van der Waals surface area contributed by atoms with Crippen LogP contribution < -0.4 is 10.1 Å². The monoisotopic (exact) mass is 381 g/mol. The second-order valence-electron chi connectivity index (χ2n) is 5.17. The predicted octanol–water partition coefficient (Wildman–Crippen LogP) is 3.65. The number of rotatable bonds is 7. The molecule has 0 saturated heterocycles. The molecule has 25 heavy (non-hydrogen) atoms. The third kappa shape index (κ3) is 5.96. The van der Waals surface area contributed by atoms with E-state index in [1.165, 1.54) is 0 Å². The van der Waals surface area contributed by atoms with E-state index < -0.39 is 5.97 Å². The van der Waals surface area contributed by atoms with Gasteiger partial charge in [-0.05, 0) is 31.2 Å². The van der Waals surface area contributed by atoms with Crippen molar-refractivity contribution < 1.29 is 19.1 Å². The van der Waals surface area contributed by atoms with Crippen molar-refractivity contribution in [2.45, 2.75) is 6.92 Å². The smallest absolute Gasteiger partial charge is 0.325 e. The second kappa shape index (κ2) is 9.30. The molecule has 0 radical (unpaired) electrons. The van der Waals surface area contributed by atoms with Gasteiger partial charge in [0, 0.05) is 5.56 Å². The number of carbonyl (C=O) groups excluding carboxylic acids is 2. The Morgan fingerprint density at radius 3 is 2.40 bits per heavy atom. The molecule has 0 heterocycles. The first-order chi connectivity index (χ1) is 12.0. The summed E-state index contributed by atoms with van der Waals surface area (Å²) in [7, 11) is 0. The molecule has 0 aliphatic carbocycles. The van der Waals surface area contributed by atoms with Gasteiger partial charge in [0.2, 0.25) is 0 Å². The van der Waals surface area contributed by atoms with Crippen molar-refractivity contribution in [1.29, 1.82) is 0 Å². The summed E-state index contributed by atoms with van der Waals surface area (Å²) in [6.07, 6.45) is 0. The van der Waals surface area contributed by atoms with E-state index >= 15 is 0 Å². The van der Waals surface area contributed by atoms with Gasteiger partial charge in [0.25, 0.3) is 5.91 Å². The third-order valence-electron chi connectivity index (χ3n) is 3.19. The van der Waals surface area contributed by atoms with E-state index in [1.54, 1.807) is 36.4 Å². The van der Waals surface area contributed by atoms with Crippen molar-refractivity contribution in [3.05, 3.63) is 63.6 Å². The predicted molar refractivity (Wildman–Crippen MR) is 96.4 cm³/mol. The first-order valence-electron chi connectivity index (χ1n) is 7.54. The van der Waals surface area contributed by atoms with Gasteiger partial charge < -0.3 is 14.8 Å². The van der Waals surface area contributed by atoms with Crippen LogP contribution in [0.25, 0.3) is 0 Å². The zero-order valence-electron chi connectivity index (χ0n) is 13.6. The first kappa shape index (κ1) is 19.1. The molecule has 7 heteroatoms. The molecule has 5 nitrogen and oxygen atoms in total. The topological polar surface area (TPSA) is 64.6 Å². The molecule has 0 aromatic heterocycles. The summed E-state index contributed by atoms with van der Waals surface area (Å²) in [5.41, 5.74) is 1.45. The summed E-state index contributed by atoms with van der Waals surface area (Å²) in [4.78, 5) is 23.6. The number of halogens is 2. The van der Waals surface area contributed by atoms with Gasteiger partial charge in [0.05, 0.1) is 10.0 Å². The van der Waals surface area contributed by atoms with Gasteiger partial charge in [-0.1, -0.05) is 47.0 Å². The highest BCUT2D eigenvalue weighted by Gasteiger charge is 2.10. The standard InChI is InChI=1S/C18H17Cl2NO4/c1-12-4-2-5-13(10-12)18(23)21-11-16(22)24-8-9-25-17-14(19)6-3-7-15(17)20/h2-7,10H,8-9,11H2,1H3,(H,21,23). The number of carbonyl (C=O) groups is 2. The van der Waals surface area contributed by atoms with Crippen LogP contribution in [0.1, 0.15) is 15.9 Å². The lowest BCUT2D eigenvalue weighted by Gasteiger charge is -2.10. The maximum atomic E-state index is 11.9. The van der Waals surface area contributed by atoms with Crippen molar-refractivity contribution >= 4 is 35.1 Å². The summed E-state index contributed by atoms with van der Waals surface area (Å²) < 4.78 is 10.4. The molecule has 0 unspecified atom stereocenters. The molecule has 0 aliphatic rings. The summed E-state index contributed by atoms with van der Waals surface area (Å²) in [5.74, 6) is -0.552. The van der Waals surface area contributed by atoms with Crippen LogP contribution in [0.4, 0.5) is 0 Å². The van der Waals surface area contributed by atoms with Crippen LogP contribution in [0.15, 0.2) is 42.5 Å². The lowest BCUT2D eigenvalue weighted by atomic mass is 10.1. The summed E-state index contributed by atoms with van der Waals surface area (Å²) in [6, 6.07) is 12.1. The number of esters is 1. The number of nitrogens with one attached hydrogen (secondary N) is 1. The minimum Gasteiger partial charge on any atom is -0.487 e. The summed E-state index contributed by atoms with van der Waals surface area (Å²) in [6.45, 7) is 1.78. The fraction of sp³-hybridized carbons (Fsp3) is 0.222. The number of amides is 1. The van der Waals surface area contributed by atoms with E-state index in [9.17, 15) is 9.59 Å². The van der Waals surface area contributed by atoms with Crippen LogP contribution in [0, 0.1) is 6.92 Å². The molecule has 0 saturated carbocycles. The van der Waals surface area contributed by atoms with Gasteiger partial charge in [0.1, 0.15) is 19.8 Å². The van der Waals surface area contributed by atoms with E-state index in [-0.39, 0.29) is 25.7 Å². The van der Waals surface area contributed by atoms with Gasteiger partial charge in [-0.15, -0.1) is 0 Å². The molecule has 0 fully saturated rings. The Labute approximate surface area is 155 Å². The maximum absolute atomic E-state index is 11.9. The van der Waals surface area contributed by atoms with Crippen molar-refractivity contribution in [3.63, 3.8) is 0 Å². The Morgan fingerprint density at radius 1 is 1.04 bits per heavy atom. The summed E-state index contributed by atoms with van der Waals surface area (Å²) in [5, 5.41) is 3.26. The Kier molecular flexibility index (Phi) is 7.10. The number of hydrogen-bond acceptors (Lipinski definition) is 4. The minimum atomic E-state index is -0.560. The quantitative estimate of drug-likeness (QED) is 0.587. The molecule has 2 aromatic carbocycles. The average Bonchev–Trinajstić information content (AvgIpc) is 2.58. The SMILES string of the molecule is Cc1cccc(C(=O)NCC(=O)OCCOc2c(Cl)cccc2Cl)c1. The lowest BCUT2D eigenvalue weighted by Crippen LogP contribution is -2.31. The molecule has 1 amide bonds. The fourth-order valence-corrected chi connectivity index (χ4v) is 2.52. The van der Waals surface area contributed by atoms with E-state index in [0.717, 1.165) is 5.56 Å². The molecule has 2 rings (SSSR count). The Morgan fingerprint density at radius 2 is 1.72 bits per heavy atom. The Bertz CT molecular complexity index is 744. The molecule has 0 spiro atoms.